The van der Waals surface area contributed by atoms with E-state index in [-0.39, 0.29) is 0 Å². The van der Waals surface area contributed by atoms with Crippen molar-refractivity contribution in [1.29, 1.82) is 0 Å². The highest BCUT2D eigenvalue weighted by atomic mass is 15.3. The Hall–Kier alpha value is -3.21. The van der Waals surface area contributed by atoms with Crippen LogP contribution in [0.5, 0.6) is 0 Å². The van der Waals surface area contributed by atoms with E-state index in [2.05, 4.69) is 34.1 Å². The molecule has 0 radical (unpaired) electrons. The maximum atomic E-state index is 5.71. The molecule has 2 heterocycles. The number of nitrogen functional groups attached to an aromatic ring is 1. The number of hydrogen-bond acceptors (Lipinski definition) is 4. The van der Waals surface area contributed by atoms with E-state index in [1.807, 2.05) is 36.4 Å². The number of rotatable bonds is 2. The number of benzene rings is 2. The van der Waals surface area contributed by atoms with E-state index >= 15 is 0 Å². The first-order chi connectivity index (χ1) is 11.2. The smallest absolute Gasteiger partial charge is 0.181 e. The summed E-state index contributed by atoms with van der Waals surface area (Å²) in [5, 5.41) is 5.58. The second kappa shape index (κ2) is 5.21. The monoisotopic (exact) mass is 301 g/mol. The lowest BCUT2D eigenvalue weighted by molar-refractivity contribution is 0.881. The molecule has 2 N–H and O–H groups in total. The summed E-state index contributed by atoms with van der Waals surface area (Å²) in [6.45, 7) is 2.06. The van der Waals surface area contributed by atoms with Crippen LogP contribution in [-0.2, 0) is 0 Å². The summed E-state index contributed by atoms with van der Waals surface area (Å²) < 4.78 is 1.78. The third-order valence-corrected chi connectivity index (χ3v) is 3.76. The molecule has 4 rings (SSSR count). The summed E-state index contributed by atoms with van der Waals surface area (Å²) in [4.78, 5) is 8.72. The van der Waals surface area contributed by atoms with Crippen LogP contribution >= 0.6 is 0 Å². The summed E-state index contributed by atoms with van der Waals surface area (Å²) >= 11 is 0. The van der Waals surface area contributed by atoms with E-state index in [0.29, 0.717) is 11.6 Å². The molecule has 0 fully saturated rings. The van der Waals surface area contributed by atoms with E-state index in [4.69, 9.17) is 5.73 Å². The van der Waals surface area contributed by atoms with Crippen molar-refractivity contribution < 1.29 is 0 Å². The number of nitrogens with zero attached hydrogens (tertiary/aromatic N) is 4. The molecule has 2 aromatic heterocycles. The molecule has 0 atom stereocenters. The van der Waals surface area contributed by atoms with Crippen molar-refractivity contribution in [2.75, 3.05) is 5.73 Å². The summed E-state index contributed by atoms with van der Waals surface area (Å²) in [5.41, 5.74) is 9.74. The Morgan fingerprint density at radius 3 is 2.61 bits per heavy atom. The van der Waals surface area contributed by atoms with Gasteiger partial charge < -0.3 is 5.73 Å². The molecule has 5 nitrogen and oxygen atoms in total. The molecule has 4 aromatic rings. The highest BCUT2D eigenvalue weighted by Gasteiger charge is 2.07. The molecule has 0 saturated heterocycles. The first kappa shape index (κ1) is 13.5. The Labute approximate surface area is 133 Å². The number of aryl methyl sites for hydroxylation is 1. The fourth-order valence-electron chi connectivity index (χ4n) is 2.50. The van der Waals surface area contributed by atoms with Crippen LogP contribution in [-0.4, -0.2) is 19.7 Å². The molecule has 2 aromatic carbocycles. The Morgan fingerprint density at radius 1 is 0.957 bits per heavy atom. The van der Waals surface area contributed by atoms with Crippen LogP contribution < -0.4 is 5.73 Å². The van der Waals surface area contributed by atoms with Gasteiger partial charge in [0.05, 0.1) is 11.2 Å². The molecule has 0 spiro atoms. The van der Waals surface area contributed by atoms with Gasteiger partial charge in [0.25, 0.3) is 0 Å². The Morgan fingerprint density at radius 2 is 1.78 bits per heavy atom. The number of pyridine rings is 1. The zero-order valence-corrected chi connectivity index (χ0v) is 12.6. The average molecular weight is 301 g/mol. The standard InChI is InChI=1S/C18H15N5/c1-12-2-6-15(7-3-12)23-11-20-18(22-23)14-4-8-16-13(10-14)5-9-17(19)21-16/h2-11H,1H3,(H2,19,21). The van der Waals surface area contributed by atoms with Gasteiger partial charge in [-0.2, -0.15) is 0 Å². The summed E-state index contributed by atoms with van der Waals surface area (Å²) in [5.74, 6) is 1.20. The lowest BCUT2D eigenvalue weighted by Gasteiger charge is -2.02. The molecule has 23 heavy (non-hydrogen) atoms. The Bertz CT molecular complexity index is 986. The van der Waals surface area contributed by atoms with Gasteiger partial charge in [-0.1, -0.05) is 17.7 Å². The fraction of sp³-hybridized carbons (Fsp3) is 0.0556. The van der Waals surface area contributed by atoms with Crippen LogP contribution in [0.1, 0.15) is 5.56 Å². The number of fused-ring (bicyclic) bond motifs is 1. The minimum atomic E-state index is 0.520. The van der Waals surface area contributed by atoms with Crippen molar-refractivity contribution in [3.05, 3.63) is 66.5 Å². The zero-order valence-electron chi connectivity index (χ0n) is 12.6. The molecule has 0 saturated carbocycles. The van der Waals surface area contributed by atoms with Crippen molar-refractivity contribution in [1.82, 2.24) is 19.7 Å². The Kier molecular flexibility index (Phi) is 3.05. The van der Waals surface area contributed by atoms with Crippen molar-refractivity contribution in [3.63, 3.8) is 0 Å². The minimum Gasteiger partial charge on any atom is -0.384 e. The molecular weight excluding hydrogens is 286 g/mol. The van der Waals surface area contributed by atoms with Crippen molar-refractivity contribution in [2.45, 2.75) is 6.92 Å². The predicted molar refractivity (Wildman–Crippen MR) is 91.2 cm³/mol. The van der Waals surface area contributed by atoms with Gasteiger partial charge in [0.2, 0.25) is 0 Å². The van der Waals surface area contributed by atoms with Gasteiger partial charge in [0.1, 0.15) is 12.1 Å². The van der Waals surface area contributed by atoms with E-state index in [0.717, 1.165) is 22.2 Å². The van der Waals surface area contributed by atoms with Crippen LogP contribution in [0.4, 0.5) is 5.82 Å². The van der Waals surface area contributed by atoms with Crippen molar-refractivity contribution >= 4 is 16.7 Å². The highest BCUT2D eigenvalue weighted by molar-refractivity contribution is 5.84. The highest BCUT2D eigenvalue weighted by Crippen LogP contribution is 2.22. The molecule has 5 heteroatoms. The number of nitrogens with two attached hydrogens (primary N) is 1. The molecule has 0 unspecified atom stereocenters. The number of aromatic nitrogens is 4. The van der Waals surface area contributed by atoms with Gasteiger partial charge in [-0.3, -0.25) is 0 Å². The van der Waals surface area contributed by atoms with Crippen LogP contribution in [0, 0.1) is 6.92 Å². The lowest BCUT2D eigenvalue weighted by Crippen LogP contribution is -1.95. The second-order valence-electron chi connectivity index (χ2n) is 5.49. The van der Waals surface area contributed by atoms with Crippen molar-refractivity contribution in [2.24, 2.45) is 0 Å². The molecule has 0 bridgehead atoms. The summed E-state index contributed by atoms with van der Waals surface area (Å²) in [7, 11) is 0. The van der Waals surface area contributed by atoms with Gasteiger partial charge in [0.15, 0.2) is 5.82 Å². The molecule has 0 aliphatic rings. The average Bonchev–Trinajstić information content (AvgIpc) is 3.05. The molecule has 0 aliphatic carbocycles. The van der Waals surface area contributed by atoms with E-state index in [1.54, 1.807) is 17.1 Å². The topological polar surface area (TPSA) is 69.6 Å². The second-order valence-corrected chi connectivity index (χ2v) is 5.49. The summed E-state index contributed by atoms with van der Waals surface area (Å²) in [6.07, 6.45) is 1.73. The van der Waals surface area contributed by atoms with Crippen LogP contribution in [0.25, 0.3) is 28.0 Å². The van der Waals surface area contributed by atoms with Gasteiger partial charge >= 0.3 is 0 Å². The lowest BCUT2D eigenvalue weighted by atomic mass is 10.1. The first-order valence-electron chi connectivity index (χ1n) is 7.34. The third kappa shape index (κ3) is 2.53. The van der Waals surface area contributed by atoms with Crippen molar-refractivity contribution in [3.8, 4) is 17.1 Å². The minimum absolute atomic E-state index is 0.520. The fourth-order valence-corrected chi connectivity index (χ4v) is 2.50. The maximum absolute atomic E-state index is 5.71. The van der Waals surface area contributed by atoms with Gasteiger partial charge in [-0.15, -0.1) is 5.10 Å². The zero-order chi connectivity index (χ0) is 15.8. The van der Waals surface area contributed by atoms with Gasteiger partial charge in [0, 0.05) is 10.9 Å². The van der Waals surface area contributed by atoms with Crippen LogP contribution in [0.15, 0.2) is 60.9 Å². The van der Waals surface area contributed by atoms with E-state index in [1.165, 1.54) is 5.56 Å². The van der Waals surface area contributed by atoms with Gasteiger partial charge in [-0.25, -0.2) is 14.6 Å². The summed E-state index contributed by atoms with van der Waals surface area (Å²) in [6, 6.07) is 17.9. The number of anilines is 1. The molecular formula is C18H15N5. The largest absolute Gasteiger partial charge is 0.384 e. The van der Waals surface area contributed by atoms with E-state index in [9.17, 15) is 0 Å². The quantitative estimate of drug-likeness (QED) is 0.616. The molecule has 0 aliphatic heterocycles. The third-order valence-electron chi connectivity index (χ3n) is 3.76. The van der Waals surface area contributed by atoms with E-state index < -0.39 is 0 Å². The first-order valence-corrected chi connectivity index (χ1v) is 7.34. The maximum Gasteiger partial charge on any atom is 0.181 e. The Balaban J connectivity index is 1.73. The predicted octanol–water partition coefficient (Wildman–Crippen LogP) is 3.37. The normalized spacial score (nSPS) is 11.0. The van der Waals surface area contributed by atoms with Gasteiger partial charge in [-0.05, 0) is 49.4 Å². The van der Waals surface area contributed by atoms with Crippen LogP contribution in [0.3, 0.4) is 0 Å². The number of hydrogen-bond donors (Lipinski definition) is 1. The molecule has 0 amide bonds. The van der Waals surface area contributed by atoms with Crippen LogP contribution in [0.2, 0.25) is 0 Å². The molecule has 112 valence electrons. The SMILES string of the molecule is Cc1ccc(-n2cnc(-c3ccc4nc(N)ccc4c3)n2)cc1.